The number of fused-ring (bicyclic) bond motifs is 1. The number of urea groups is 1. The zero-order valence-corrected chi connectivity index (χ0v) is 22.3. The van der Waals surface area contributed by atoms with Crippen LogP contribution >= 0.6 is 0 Å². The second-order valence-corrected chi connectivity index (χ2v) is 9.70. The van der Waals surface area contributed by atoms with E-state index < -0.39 is 29.8 Å². The summed E-state index contributed by atoms with van der Waals surface area (Å²) in [5.74, 6) is -3.21. The average molecular weight is 574 g/mol. The van der Waals surface area contributed by atoms with Crippen LogP contribution in [0.5, 0.6) is 11.5 Å². The molecule has 0 bridgehead atoms. The number of carbonyl (C=O) groups excluding carboxylic acids is 1. The molecule has 0 aromatic heterocycles. The van der Waals surface area contributed by atoms with E-state index in [0.717, 1.165) is 55.9 Å². The molecule has 1 heterocycles. The molecule has 3 atom stereocenters. The number of likely N-dealkylation sites (tertiary alicyclic amines) is 1. The fraction of sp³-hybridized carbons (Fsp3) is 0.481. The molecule has 1 aliphatic carbocycles. The van der Waals surface area contributed by atoms with Crippen LogP contribution in [0.2, 0.25) is 0 Å². The van der Waals surface area contributed by atoms with Crippen molar-refractivity contribution < 1.29 is 46.1 Å². The topological polar surface area (TPSA) is 100 Å². The van der Waals surface area contributed by atoms with Crippen LogP contribution in [0, 0.1) is 11.6 Å². The number of nitrogens with zero attached hydrogens (tertiary/aromatic N) is 1. The van der Waals surface area contributed by atoms with E-state index >= 15 is 0 Å². The quantitative estimate of drug-likeness (QED) is 0.405. The van der Waals surface area contributed by atoms with Crippen LogP contribution in [0.1, 0.15) is 38.2 Å². The van der Waals surface area contributed by atoms with Crippen molar-refractivity contribution >= 4 is 17.7 Å². The summed E-state index contributed by atoms with van der Waals surface area (Å²) in [4.78, 5) is 23.8. The molecular weight excluding hydrogens is 541 g/mol. The maximum absolute atomic E-state index is 13.4. The number of benzene rings is 2. The standard InChI is InChI=1S/C25H31F2N3O3.C2HF3O2/c1-4-33-21-8-5-16(13-22(21)32-3)25-10-9-18(15-23(25)30(2)12-11-25)29-24(31)28-17-6-7-19(26)20(27)14-17;3-2(4,5)1(6)7/h5-8,13-14,18,23H,4,9-12,15H2,1-3H3,(H2,28,29,31);(H,6,7)/t18-,23+,25+;/m1./s1. The van der Waals surface area contributed by atoms with Gasteiger partial charge in [0, 0.05) is 29.3 Å². The Bertz CT molecular complexity index is 1210. The molecule has 1 saturated heterocycles. The highest BCUT2D eigenvalue weighted by atomic mass is 19.4. The summed E-state index contributed by atoms with van der Waals surface area (Å²) in [5.41, 5.74) is 1.44. The van der Waals surface area contributed by atoms with Crippen molar-refractivity contribution in [2.24, 2.45) is 0 Å². The molecule has 2 aliphatic rings. The van der Waals surface area contributed by atoms with Gasteiger partial charge in [-0.3, -0.25) is 0 Å². The molecule has 220 valence electrons. The highest BCUT2D eigenvalue weighted by Crippen LogP contribution is 2.49. The zero-order chi connectivity index (χ0) is 29.7. The molecule has 2 amide bonds. The molecule has 13 heteroatoms. The molecule has 2 fully saturated rings. The number of aliphatic carboxylic acids is 1. The third kappa shape index (κ3) is 7.12. The zero-order valence-electron chi connectivity index (χ0n) is 22.3. The number of rotatable bonds is 6. The second-order valence-electron chi connectivity index (χ2n) is 9.70. The molecule has 3 N–H and O–H groups in total. The fourth-order valence-corrected chi connectivity index (χ4v) is 5.43. The Morgan fingerprint density at radius 3 is 2.40 bits per heavy atom. The van der Waals surface area contributed by atoms with E-state index in [-0.39, 0.29) is 23.2 Å². The van der Waals surface area contributed by atoms with Gasteiger partial charge in [0.05, 0.1) is 13.7 Å². The van der Waals surface area contributed by atoms with Crippen LogP contribution in [0.15, 0.2) is 36.4 Å². The van der Waals surface area contributed by atoms with Gasteiger partial charge in [0.1, 0.15) is 0 Å². The number of hydrogen-bond acceptors (Lipinski definition) is 5. The Morgan fingerprint density at radius 1 is 1.10 bits per heavy atom. The molecule has 4 rings (SSSR count). The van der Waals surface area contributed by atoms with Gasteiger partial charge in [0.15, 0.2) is 23.1 Å². The summed E-state index contributed by atoms with van der Waals surface area (Å²) in [6.07, 6.45) is -1.49. The van der Waals surface area contributed by atoms with E-state index in [1.54, 1.807) is 7.11 Å². The predicted octanol–water partition coefficient (Wildman–Crippen LogP) is 5.32. The number of nitrogens with one attached hydrogen (secondary N) is 2. The first-order valence-corrected chi connectivity index (χ1v) is 12.6. The van der Waals surface area contributed by atoms with Crippen molar-refractivity contribution in [1.29, 1.82) is 0 Å². The van der Waals surface area contributed by atoms with Gasteiger partial charge in [-0.1, -0.05) is 6.07 Å². The number of carbonyl (C=O) groups is 2. The minimum absolute atomic E-state index is 0.0124. The average Bonchev–Trinajstić information content (AvgIpc) is 3.23. The van der Waals surface area contributed by atoms with Crippen LogP contribution in [0.4, 0.5) is 32.4 Å². The van der Waals surface area contributed by atoms with Crippen LogP contribution in [0.3, 0.4) is 0 Å². The molecule has 1 aliphatic heterocycles. The van der Waals surface area contributed by atoms with Gasteiger partial charge in [0.2, 0.25) is 0 Å². The Labute approximate surface area is 228 Å². The summed E-state index contributed by atoms with van der Waals surface area (Å²) in [5, 5.41) is 12.7. The predicted molar refractivity (Wildman–Crippen MR) is 137 cm³/mol. The van der Waals surface area contributed by atoms with Crippen LogP contribution < -0.4 is 20.1 Å². The number of alkyl halides is 3. The summed E-state index contributed by atoms with van der Waals surface area (Å²) >= 11 is 0. The third-order valence-electron chi connectivity index (χ3n) is 7.32. The minimum atomic E-state index is -5.08. The number of anilines is 1. The smallest absolute Gasteiger partial charge is 0.490 e. The molecule has 2 aromatic carbocycles. The lowest BCUT2D eigenvalue weighted by Crippen LogP contribution is -2.52. The Hall–Kier alpha value is -3.61. The van der Waals surface area contributed by atoms with Gasteiger partial charge >= 0.3 is 18.2 Å². The maximum atomic E-state index is 13.4. The van der Waals surface area contributed by atoms with Crippen molar-refractivity contribution in [3.63, 3.8) is 0 Å². The lowest BCUT2D eigenvalue weighted by molar-refractivity contribution is -0.192. The van der Waals surface area contributed by atoms with Gasteiger partial charge in [-0.15, -0.1) is 0 Å². The minimum Gasteiger partial charge on any atom is -0.493 e. The second kappa shape index (κ2) is 12.7. The van der Waals surface area contributed by atoms with Crippen LogP contribution in [-0.2, 0) is 10.2 Å². The summed E-state index contributed by atoms with van der Waals surface area (Å²) in [6, 6.07) is 9.38. The highest BCUT2D eigenvalue weighted by molar-refractivity contribution is 5.89. The maximum Gasteiger partial charge on any atom is 0.490 e. The van der Waals surface area contributed by atoms with Crippen LogP contribution in [-0.4, -0.2) is 67.6 Å². The van der Waals surface area contributed by atoms with E-state index in [1.807, 2.05) is 13.0 Å². The van der Waals surface area contributed by atoms with Crippen molar-refractivity contribution in [2.75, 3.05) is 32.6 Å². The molecule has 1 saturated carbocycles. The molecule has 0 unspecified atom stereocenters. The normalized spacial score (nSPS) is 22.4. The number of methoxy groups -OCH3 is 1. The lowest BCUT2D eigenvalue weighted by Gasteiger charge is -2.45. The molecule has 2 aromatic rings. The van der Waals surface area contributed by atoms with Crippen molar-refractivity contribution in [1.82, 2.24) is 10.2 Å². The number of carboxylic acid groups (broad SMARTS) is 1. The van der Waals surface area contributed by atoms with E-state index in [1.165, 1.54) is 11.6 Å². The Kier molecular flexibility index (Phi) is 9.82. The van der Waals surface area contributed by atoms with Crippen molar-refractivity contribution in [3.8, 4) is 11.5 Å². The van der Waals surface area contributed by atoms with Gasteiger partial charge in [0.25, 0.3) is 0 Å². The number of carboxylic acids is 1. The van der Waals surface area contributed by atoms with E-state index in [2.05, 4.69) is 34.7 Å². The molecule has 40 heavy (non-hydrogen) atoms. The molecule has 0 spiro atoms. The summed E-state index contributed by atoms with van der Waals surface area (Å²) in [7, 11) is 3.78. The van der Waals surface area contributed by atoms with Gasteiger partial charge in [-0.25, -0.2) is 18.4 Å². The van der Waals surface area contributed by atoms with Crippen molar-refractivity contribution in [2.45, 2.75) is 56.3 Å². The molecular formula is C27H32F5N3O5. The number of amides is 2. The van der Waals surface area contributed by atoms with Crippen LogP contribution in [0.25, 0.3) is 0 Å². The molecule has 8 nitrogen and oxygen atoms in total. The van der Waals surface area contributed by atoms with Gasteiger partial charge in [-0.2, -0.15) is 13.2 Å². The SMILES string of the molecule is CCOc1ccc([C@@]23CC[C@@H](NC(=O)Nc4ccc(F)c(F)c4)C[C@@H]2N(C)CC3)cc1OC.O=C(O)C(F)(F)F. The number of hydrogen-bond donors (Lipinski definition) is 3. The number of halogens is 5. The Morgan fingerprint density at radius 2 is 1.80 bits per heavy atom. The van der Waals surface area contributed by atoms with E-state index in [9.17, 15) is 26.7 Å². The van der Waals surface area contributed by atoms with E-state index in [4.69, 9.17) is 19.4 Å². The fourth-order valence-electron chi connectivity index (χ4n) is 5.43. The summed E-state index contributed by atoms with van der Waals surface area (Å²) < 4.78 is 69.6. The largest absolute Gasteiger partial charge is 0.493 e. The Balaban J connectivity index is 0.000000559. The lowest BCUT2D eigenvalue weighted by atomic mass is 9.65. The first-order chi connectivity index (χ1) is 18.8. The monoisotopic (exact) mass is 573 g/mol. The number of likely N-dealkylation sites (N-methyl/N-ethyl adjacent to an activating group) is 1. The highest BCUT2D eigenvalue weighted by Gasteiger charge is 2.50. The first kappa shape index (κ1) is 30.9. The number of ether oxygens (including phenoxy) is 2. The van der Waals surface area contributed by atoms with Gasteiger partial charge in [-0.05, 0) is 76.0 Å². The third-order valence-corrected chi connectivity index (χ3v) is 7.32. The summed E-state index contributed by atoms with van der Waals surface area (Å²) in [6.45, 7) is 3.51. The van der Waals surface area contributed by atoms with Gasteiger partial charge < -0.3 is 30.1 Å². The van der Waals surface area contributed by atoms with E-state index in [0.29, 0.717) is 6.61 Å². The molecule has 0 radical (unpaired) electrons. The van der Waals surface area contributed by atoms with Crippen molar-refractivity contribution in [3.05, 3.63) is 53.6 Å². The first-order valence-electron chi connectivity index (χ1n) is 12.6.